The monoisotopic (exact) mass is 332 g/mol. The normalized spacial score (nSPS) is 10.6. The van der Waals surface area contributed by atoms with Crippen LogP contribution in [-0.4, -0.2) is 19.7 Å². The first kappa shape index (κ1) is 12.3. The van der Waals surface area contributed by atoms with Gasteiger partial charge in [-0.25, -0.2) is 0 Å². The van der Waals surface area contributed by atoms with E-state index in [9.17, 15) is 0 Å². The molecule has 0 spiro atoms. The van der Waals surface area contributed by atoms with Crippen LogP contribution in [0.3, 0.4) is 0 Å². The van der Waals surface area contributed by atoms with Gasteiger partial charge >= 0.3 is 0 Å². The summed E-state index contributed by atoms with van der Waals surface area (Å²) in [6.45, 7) is 0. The molecule has 0 saturated carbocycles. The largest absolute Gasteiger partial charge is 0.267 e. The summed E-state index contributed by atoms with van der Waals surface area (Å²) in [7, 11) is 0. The Bertz CT molecular complexity index is 764. The number of hydrogen-bond donors (Lipinski definition) is 1. The number of benzene rings is 1. The Morgan fingerprint density at radius 2 is 1.89 bits per heavy atom. The molecule has 0 aliphatic carbocycles. The lowest BCUT2D eigenvalue weighted by molar-refractivity contribution is 1.03. The van der Waals surface area contributed by atoms with Gasteiger partial charge in [-0.2, -0.15) is 5.10 Å². The standard InChI is InChI=1S/C13H9BrN4S/c14-10-7-4-8-15-11(10)12-16-17-13(19)18(12)9-5-2-1-3-6-9/h1-8H,(H,17,19). The van der Waals surface area contributed by atoms with Crippen molar-refractivity contribution in [1.29, 1.82) is 0 Å². The van der Waals surface area contributed by atoms with E-state index < -0.39 is 0 Å². The van der Waals surface area contributed by atoms with Crippen molar-refractivity contribution in [2.45, 2.75) is 0 Å². The van der Waals surface area contributed by atoms with Crippen molar-refractivity contribution in [2.75, 3.05) is 0 Å². The van der Waals surface area contributed by atoms with Crippen molar-refractivity contribution in [3.05, 3.63) is 57.9 Å². The predicted octanol–water partition coefficient (Wildman–Crippen LogP) is 3.75. The summed E-state index contributed by atoms with van der Waals surface area (Å²) in [5.41, 5.74) is 1.70. The topological polar surface area (TPSA) is 46.5 Å². The number of halogens is 1. The first-order valence-corrected chi connectivity index (χ1v) is 6.81. The second-order valence-corrected chi connectivity index (χ2v) is 5.10. The molecule has 6 heteroatoms. The van der Waals surface area contributed by atoms with Crippen molar-refractivity contribution in [1.82, 2.24) is 19.7 Å². The van der Waals surface area contributed by atoms with Gasteiger partial charge in [0, 0.05) is 10.7 Å². The first-order chi connectivity index (χ1) is 9.27. The zero-order valence-electron chi connectivity index (χ0n) is 9.75. The Morgan fingerprint density at radius 1 is 1.11 bits per heavy atom. The van der Waals surface area contributed by atoms with Gasteiger partial charge in [0.2, 0.25) is 0 Å². The maximum absolute atomic E-state index is 5.30. The van der Waals surface area contributed by atoms with Crippen LogP contribution in [0.25, 0.3) is 17.2 Å². The van der Waals surface area contributed by atoms with Crippen LogP contribution in [0.4, 0.5) is 0 Å². The molecule has 2 aromatic heterocycles. The number of para-hydroxylation sites is 1. The van der Waals surface area contributed by atoms with Crippen LogP contribution in [0.1, 0.15) is 0 Å². The van der Waals surface area contributed by atoms with Gasteiger partial charge < -0.3 is 0 Å². The Labute approximate surface area is 123 Å². The van der Waals surface area contributed by atoms with Gasteiger partial charge in [0.25, 0.3) is 0 Å². The second-order valence-electron chi connectivity index (χ2n) is 3.86. The smallest absolute Gasteiger partial charge is 0.200 e. The molecular weight excluding hydrogens is 324 g/mol. The predicted molar refractivity (Wildman–Crippen MR) is 79.7 cm³/mol. The third-order valence-electron chi connectivity index (χ3n) is 2.66. The van der Waals surface area contributed by atoms with E-state index in [1.165, 1.54) is 0 Å². The van der Waals surface area contributed by atoms with E-state index in [0.717, 1.165) is 15.9 Å². The molecule has 1 aromatic carbocycles. The number of rotatable bonds is 2. The summed E-state index contributed by atoms with van der Waals surface area (Å²) in [6.07, 6.45) is 1.73. The maximum Gasteiger partial charge on any atom is 0.200 e. The van der Waals surface area contributed by atoms with E-state index in [1.807, 2.05) is 47.0 Å². The molecule has 3 aromatic rings. The molecule has 0 fully saturated rings. The van der Waals surface area contributed by atoms with E-state index in [4.69, 9.17) is 12.2 Å². The van der Waals surface area contributed by atoms with Gasteiger partial charge in [0.05, 0.1) is 5.69 Å². The average Bonchev–Trinajstić information content (AvgIpc) is 2.82. The number of nitrogens with one attached hydrogen (secondary N) is 1. The Balaban J connectivity index is 2.26. The average molecular weight is 333 g/mol. The van der Waals surface area contributed by atoms with Crippen LogP contribution in [0, 0.1) is 4.77 Å². The second kappa shape index (κ2) is 5.07. The summed E-state index contributed by atoms with van der Waals surface area (Å²) in [6, 6.07) is 13.6. The van der Waals surface area contributed by atoms with Crippen molar-refractivity contribution in [3.63, 3.8) is 0 Å². The Kier molecular flexibility index (Phi) is 3.27. The number of H-pyrrole nitrogens is 1. The van der Waals surface area contributed by atoms with E-state index >= 15 is 0 Å². The fourth-order valence-corrected chi connectivity index (χ4v) is 2.49. The van der Waals surface area contributed by atoms with Crippen LogP contribution in [0.2, 0.25) is 0 Å². The Morgan fingerprint density at radius 3 is 2.63 bits per heavy atom. The highest BCUT2D eigenvalue weighted by molar-refractivity contribution is 9.10. The van der Waals surface area contributed by atoms with E-state index in [2.05, 4.69) is 31.1 Å². The van der Waals surface area contributed by atoms with Gasteiger partial charge in [-0.05, 0) is 52.4 Å². The van der Waals surface area contributed by atoms with E-state index in [0.29, 0.717) is 10.6 Å². The molecule has 3 rings (SSSR count). The lowest BCUT2D eigenvalue weighted by atomic mass is 10.3. The number of aromatic nitrogens is 4. The summed E-state index contributed by atoms with van der Waals surface area (Å²) in [5.74, 6) is 0.684. The first-order valence-electron chi connectivity index (χ1n) is 5.61. The van der Waals surface area contributed by atoms with Gasteiger partial charge in [0.1, 0.15) is 5.69 Å². The molecule has 2 heterocycles. The van der Waals surface area contributed by atoms with Crippen LogP contribution in [0.15, 0.2) is 53.1 Å². The highest BCUT2D eigenvalue weighted by Crippen LogP contribution is 2.26. The van der Waals surface area contributed by atoms with Crippen LogP contribution in [-0.2, 0) is 0 Å². The van der Waals surface area contributed by atoms with Gasteiger partial charge in [0.15, 0.2) is 10.6 Å². The van der Waals surface area contributed by atoms with E-state index in [-0.39, 0.29) is 0 Å². The van der Waals surface area contributed by atoms with E-state index in [1.54, 1.807) is 6.20 Å². The number of pyridine rings is 1. The molecule has 1 N–H and O–H groups in total. The zero-order chi connectivity index (χ0) is 13.2. The molecule has 0 amide bonds. The molecule has 0 saturated heterocycles. The fourth-order valence-electron chi connectivity index (χ4n) is 1.82. The fraction of sp³-hybridized carbons (Fsp3) is 0. The maximum atomic E-state index is 5.30. The lowest BCUT2D eigenvalue weighted by Gasteiger charge is -2.07. The highest BCUT2D eigenvalue weighted by Gasteiger charge is 2.14. The molecule has 0 bridgehead atoms. The van der Waals surface area contributed by atoms with Gasteiger partial charge in [-0.15, -0.1) is 0 Å². The lowest BCUT2D eigenvalue weighted by Crippen LogP contribution is -1.99. The molecule has 19 heavy (non-hydrogen) atoms. The van der Waals surface area contributed by atoms with Crippen molar-refractivity contribution in [2.24, 2.45) is 0 Å². The Hall–Kier alpha value is -1.79. The molecule has 94 valence electrons. The molecule has 0 aliphatic heterocycles. The minimum atomic E-state index is 0.541. The molecule has 0 atom stereocenters. The summed E-state index contributed by atoms with van der Waals surface area (Å²) >= 11 is 8.79. The van der Waals surface area contributed by atoms with Crippen molar-refractivity contribution >= 4 is 28.1 Å². The molecule has 4 nitrogen and oxygen atoms in total. The highest BCUT2D eigenvalue weighted by atomic mass is 79.9. The molecule has 0 aliphatic rings. The third kappa shape index (κ3) is 2.24. The summed E-state index contributed by atoms with van der Waals surface area (Å²) in [5, 5.41) is 7.09. The van der Waals surface area contributed by atoms with Crippen molar-refractivity contribution < 1.29 is 0 Å². The number of aromatic amines is 1. The quantitative estimate of drug-likeness (QED) is 0.727. The van der Waals surface area contributed by atoms with Crippen molar-refractivity contribution in [3.8, 4) is 17.2 Å². The summed E-state index contributed by atoms with van der Waals surface area (Å²) < 4.78 is 3.28. The van der Waals surface area contributed by atoms with Crippen LogP contribution < -0.4 is 0 Å². The van der Waals surface area contributed by atoms with Crippen LogP contribution in [0.5, 0.6) is 0 Å². The molecule has 0 radical (unpaired) electrons. The molecule has 0 unspecified atom stereocenters. The minimum absolute atomic E-state index is 0.541. The molecular formula is C13H9BrN4S. The number of nitrogens with zero attached hydrogens (tertiary/aromatic N) is 3. The minimum Gasteiger partial charge on any atom is -0.267 e. The van der Waals surface area contributed by atoms with Gasteiger partial charge in [-0.3, -0.25) is 14.6 Å². The SMILES string of the molecule is S=c1[nH]nc(-c2ncccc2Br)n1-c1ccccc1. The summed E-state index contributed by atoms with van der Waals surface area (Å²) in [4.78, 5) is 4.35. The third-order valence-corrected chi connectivity index (χ3v) is 3.57. The number of hydrogen-bond acceptors (Lipinski definition) is 3. The van der Waals surface area contributed by atoms with Crippen LogP contribution >= 0.6 is 28.1 Å². The zero-order valence-corrected chi connectivity index (χ0v) is 12.1. The van der Waals surface area contributed by atoms with Gasteiger partial charge in [-0.1, -0.05) is 18.2 Å².